The van der Waals surface area contributed by atoms with E-state index in [2.05, 4.69) is 40.4 Å². The average Bonchev–Trinajstić information content (AvgIpc) is 3.12. The Kier molecular flexibility index (Phi) is 14.4. The summed E-state index contributed by atoms with van der Waals surface area (Å²) < 4.78 is 52.9. The minimum atomic E-state index is -2.42. The molecule has 284 valence electrons. The summed E-state index contributed by atoms with van der Waals surface area (Å²) in [6.07, 6.45) is -5.82. The second kappa shape index (κ2) is 18.5. The Hall–Kier alpha value is -2.74. The van der Waals surface area contributed by atoms with Gasteiger partial charge in [0, 0.05) is 0 Å². The van der Waals surface area contributed by atoms with Crippen molar-refractivity contribution in [3.8, 4) is 0 Å². The second-order valence-electron chi connectivity index (χ2n) is 15.3. The van der Waals surface area contributed by atoms with Crippen LogP contribution in [0.1, 0.15) is 51.3 Å². The summed E-state index contributed by atoms with van der Waals surface area (Å²) in [7, 11) is -2.42. The SMILES string of the molecule is C=CCO[C@@H]1[C@@H](O)[C@H](O[C@H]2[C@H](O[Si](C)(C)C(C)(C)C)O[C@H](C)[C@@H](OCc3ccccc3)[C@@H]2OCc2ccccc2)O[C@H](C)[C@H]1OCc1ccccc1. The number of rotatable bonds is 16. The van der Waals surface area contributed by atoms with Gasteiger partial charge in [0.1, 0.15) is 36.6 Å². The first-order valence-electron chi connectivity index (χ1n) is 18.4. The molecule has 3 aromatic carbocycles. The van der Waals surface area contributed by atoms with Crippen LogP contribution in [0.25, 0.3) is 0 Å². The van der Waals surface area contributed by atoms with E-state index in [0.717, 1.165) is 16.7 Å². The Bertz CT molecular complexity index is 1490. The molecule has 2 aliphatic heterocycles. The van der Waals surface area contributed by atoms with Crippen molar-refractivity contribution in [2.75, 3.05) is 6.61 Å². The molecule has 0 aromatic heterocycles. The number of benzene rings is 3. The largest absolute Gasteiger partial charge is 0.390 e. The fourth-order valence-corrected chi connectivity index (χ4v) is 7.38. The predicted octanol–water partition coefficient (Wildman–Crippen LogP) is 7.57. The smallest absolute Gasteiger partial charge is 0.195 e. The Morgan fingerprint density at radius 1 is 0.635 bits per heavy atom. The van der Waals surface area contributed by atoms with Crippen LogP contribution in [-0.2, 0) is 57.4 Å². The van der Waals surface area contributed by atoms with Gasteiger partial charge in [-0.1, -0.05) is 118 Å². The minimum absolute atomic E-state index is 0.118. The van der Waals surface area contributed by atoms with E-state index in [9.17, 15) is 5.11 Å². The maximum absolute atomic E-state index is 11.9. The predicted molar refractivity (Wildman–Crippen MR) is 203 cm³/mol. The molecule has 0 saturated carbocycles. The van der Waals surface area contributed by atoms with Crippen LogP contribution in [0.4, 0.5) is 0 Å². The molecule has 0 radical (unpaired) electrons. The third kappa shape index (κ3) is 10.5. The van der Waals surface area contributed by atoms with E-state index in [1.165, 1.54) is 0 Å². The van der Waals surface area contributed by atoms with Crippen molar-refractivity contribution in [1.29, 1.82) is 0 Å². The number of ether oxygens (including phenoxy) is 7. The van der Waals surface area contributed by atoms with E-state index in [1.807, 2.05) is 105 Å². The Morgan fingerprint density at radius 3 is 1.50 bits per heavy atom. The average molecular weight is 735 g/mol. The van der Waals surface area contributed by atoms with E-state index < -0.39 is 69.7 Å². The molecular weight excluding hydrogens is 677 g/mol. The van der Waals surface area contributed by atoms with Crippen LogP contribution in [0, 0.1) is 0 Å². The van der Waals surface area contributed by atoms with Gasteiger partial charge >= 0.3 is 0 Å². The van der Waals surface area contributed by atoms with Gasteiger partial charge in [-0.3, -0.25) is 0 Å². The molecule has 1 N–H and O–H groups in total. The monoisotopic (exact) mass is 734 g/mol. The van der Waals surface area contributed by atoms with Crippen LogP contribution < -0.4 is 0 Å². The highest BCUT2D eigenvalue weighted by atomic mass is 28.4. The number of hydrogen-bond donors (Lipinski definition) is 1. The Balaban J connectivity index is 1.46. The van der Waals surface area contributed by atoms with Gasteiger partial charge in [-0.05, 0) is 48.7 Å². The van der Waals surface area contributed by atoms with Crippen LogP contribution >= 0.6 is 0 Å². The first-order valence-corrected chi connectivity index (χ1v) is 21.3. The summed E-state index contributed by atoms with van der Waals surface area (Å²) in [4.78, 5) is 0. The molecule has 2 aliphatic rings. The van der Waals surface area contributed by atoms with E-state index in [4.69, 9.17) is 37.6 Å². The molecule has 0 bridgehead atoms. The van der Waals surface area contributed by atoms with Gasteiger partial charge in [-0.15, -0.1) is 6.58 Å². The van der Waals surface area contributed by atoms with E-state index in [1.54, 1.807) is 6.08 Å². The topological polar surface area (TPSA) is 94.1 Å². The summed E-state index contributed by atoms with van der Waals surface area (Å²) >= 11 is 0. The third-order valence-corrected chi connectivity index (χ3v) is 14.7. The maximum atomic E-state index is 11.9. The minimum Gasteiger partial charge on any atom is -0.390 e. The van der Waals surface area contributed by atoms with Gasteiger partial charge in [-0.25, -0.2) is 0 Å². The van der Waals surface area contributed by atoms with Crippen molar-refractivity contribution in [2.24, 2.45) is 0 Å². The summed E-state index contributed by atoms with van der Waals surface area (Å²) in [5.74, 6) is 0. The zero-order valence-electron chi connectivity index (χ0n) is 31.8. The lowest BCUT2D eigenvalue weighted by atomic mass is 9.97. The summed E-state index contributed by atoms with van der Waals surface area (Å²) in [5.41, 5.74) is 3.03. The quantitative estimate of drug-likeness (QED) is 0.118. The Morgan fingerprint density at radius 2 is 1.06 bits per heavy atom. The van der Waals surface area contributed by atoms with Crippen molar-refractivity contribution in [2.45, 2.75) is 134 Å². The first-order chi connectivity index (χ1) is 24.9. The zero-order chi connectivity index (χ0) is 37.3. The summed E-state index contributed by atoms with van der Waals surface area (Å²) in [6, 6.07) is 29.9. The zero-order valence-corrected chi connectivity index (χ0v) is 32.8. The van der Waals surface area contributed by atoms with Crippen molar-refractivity contribution >= 4 is 8.32 Å². The first kappa shape index (κ1) is 40.4. The van der Waals surface area contributed by atoms with Gasteiger partial charge in [0.15, 0.2) is 20.9 Å². The molecule has 0 amide bonds. The van der Waals surface area contributed by atoms with Gasteiger partial charge in [0.2, 0.25) is 0 Å². The number of aliphatic hydroxyl groups is 1. The van der Waals surface area contributed by atoms with Gasteiger partial charge in [-0.2, -0.15) is 0 Å². The normalized spacial score (nSPS) is 29.8. The lowest BCUT2D eigenvalue weighted by Gasteiger charge is -2.50. The maximum Gasteiger partial charge on any atom is 0.195 e. The van der Waals surface area contributed by atoms with Crippen LogP contribution in [0.15, 0.2) is 104 Å². The van der Waals surface area contributed by atoms with Crippen molar-refractivity contribution in [3.05, 3.63) is 120 Å². The third-order valence-electron chi connectivity index (χ3n) is 10.2. The fraction of sp³-hybridized carbons (Fsp3) is 0.524. The van der Waals surface area contributed by atoms with Crippen LogP contribution in [0.2, 0.25) is 18.1 Å². The molecule has 9 nitrogen and oxygen atoms in total. The lowest BCUT2D eigenvalue weighted by molar-refractivity contribution is -0.365. The van der Waals surface area contributed by atoms with Crippen molar-refractivity contribution < 1.29 is 42.7 Å². The molecular formula is C42H58O9Si. The molecule has 10 heteroatoms. The second-order valence-corrected chi connectivity index (χ2v) is 20.0. The van der Waals surface area contributed by atoms with Gasteiger partial charge < -0.3 is 42.7 Å². The number of hydrogen-bond acceptors (Lipinski definition) is 9. The highest BCUT2D eigenvalue weighted by Crippen LogP contribution is 2.41. The van der Waals surface area contributed by atoms with Gasteiger partial charge in [0.25, 0.3) is 0 Å². The van der Waals surface area contributed by atoms with Gasteiger partial charge in [0.05, 0.1) is 38.6 Å². The molecule has 10 atom stereocenters. The summed E-state index contributed by atoms with van der Waals surface area (Å²) in [6.45, 7) is 19.8. The summed E-state index contributed by atoms with van der Waals surface area (Å²) in [5, 5.41) is 11.8. The molecule has 5 rings (SSSR count). The number of aliphatic hydroxyl groups excluding tert-OH is 1. The van der Waals surface area contributed by atoms with E-state index in [0.29, 0.717) is 19.8 Å². The molecule has 3 aromatic rings. The molecule has 0 aliphatic carbocycles. The van der Waals surface area contributed by atoms with Crippen molar-refractivity contribution in [1.82, 2.24) is 0 Å². The highest BCUT2D eigenvalue weighted by molar-refractivity contribution is 6.74. The van der Waals surface area contributed by atoms with Crippen molar-refractivity contribution in [3.63, 3.8) is 0 Å². The molecule has 2 heterocycles. The molecule has 0 unspecified atom stereocenters. The standard InChI is InChI=1S/C42H58O9Si/c1-9-25-44-37-34(43)40(48-29(2)35(37)45-26-31-19-13-10-14-20-31)50-39-38(47-28-33-23-17-12-18-24-33)36(46-27-32-21-15-11-16-22-32)30(3)49-41(39)51-52(7,8)42(4,5)6/h9-24,29-30,34-41,43H,1,25-28H2,2-8H3/t29-,30-,34-,35-,36-,37-,38+,39-,40+,41+/m1/s1. The molecule has 0 spiro atoms. The molecule has 2 saturated heterocycles. The molecule has 52 heavy (non-hydrogen) atoms. The van der Waals surface area contributed by atoms with E-state index in [-0.39, 0.29) is 11.6 Å². The fourth-order valence-electron chi connectivity index (χ4n) is 6.26. The highest BCUT2D eigenvalue weighted by Gasteiger charge is 2.54. The van der Waals surface area contributed by atoms with Crippen LogP contribution in [0.5, 0.6) is 0 Å². The Labute approximate surface area is 311 Å². The lowest BCUT2D eigenvalue weighted by Crippen LogP contribution is -2.66. The van der Waals surface area contributed by atoms with E-state index >= 15 is 0 Å². The van der Waals surface area contributed by atoms with Crippen LogP contribution in [0.3, 0.4) is 0 Å². The molecule has 2 fully saturated rings. The van der Waals surface area contributed by atoms with Crippen LogP contribution in [-0.4, -0.2) is 81.4 Å².